The first-order chi connectivity index (χ1) is 16.2. The quantitative estimate of drug-likeness (QED) is 0.350. The van der Waals surface area contributed by atoms with Crippen molar-refractivity contribution >= 4 is 0 Å². The standard InChI is InChI=1S/C29H29F3N2/c1-5-6-11-22(3)23(4)34-28(19-24-12-8-7-9-13-24,27-17-16-21(2)20-33-27)25-14-10-15-26(18-25)29(30,31)32/h5-18,20,34H,4,19H2,1-3H3/b6-5-,22-11+. The maximum atomic E-state index is 13.7. The molecule has 176 valence electrons. The van der Waals surface area contributed by atoms with Crippen LogP contribution in [0, 0.1) is 6.92 Å². The second-order valence-electron chi connectivity index (χ2n) is 8.35. The van der Waals surface area contributed by atoms with Crippen LogP contribution in [0.3, 0.4) is 0 Å². The number of nitrogens with one attached hydrogen (secondary N) is 1. The highest BCUT2D eigenvalue weighted by molar-refractivity contribution is 5.44. The monoisotopic (exact) mass is 462 g/mol. The molecule has 3 rings (SSSR count). The van der Waals surface area contributed by atoms with E-state index in [1.165, 1.54) is 12.1 Å². The number of nitrogens with zero attached hydrogens (tertiary/aromatic N) is 1. The number of pyridine rings is 1. The molecular formula is C29H29F3N2. The van der Waals surface area contributed by atoms with Gasteiger partial charge in [-0.25, -0.2) is 0 Å². The minimum atomic E-state index is -4.46. The van der Waals surface area contributed by atoms with Crippen LogP contribution >= 0.6 is 0 Å². The summed E-state index contributed by atoms with van der Waals surface area (Å²) in [4.78, 5) is 4.67. The molecule has 3 aromatic rings. The average Bonchev–Trinajstić information content (AvgIpc) is 2.82. The van der Waals surface area contributed by atoms with E-state index >= 15 is 0 Å². The molecule has 1 atom stereocenters. The highest BCUT2D eigenvalue weighted by atomic mass is 19.4. The number of hydrogen-bond donors (Lipinski definition) is 1. The minimum Gasteiger partial charge on any atom is -0.370 e. The summed E-state index contributed by atoms with van der Waals surface area (Å²) in [5.41, 5.74) is 2.68. The summed E-state index contributed by atoms with van der Waals surface area (Å²) < 4.78 is 41.1. The largest absolute Gasteiger partial charge is 0.416 e. The van der Waals surface area contributed by atoms with E-state index in [4.69, 9.17) is 0 Å². The zero-order valence-corrected chi connectivity index (χ0v) is 19.7. The molecule has 0 spiro atoms. The van der Waals surface area contributed by atoms with Gasteiger partial charge in [0.15, 0.2) is 0 Å². The summed E-state index contributed by atoms with van der Waals surface area (Å²) in [6.45, 7) is 9.97. The summed E-state index contributed by atoms with van der Waals surface area (Å²) in [5, 5.41) is 3.49. The average molecular weight is 463 g/mol. The summed E-state index contributed by atoms with van der Waals surface area (Å²) in [6.07, 6.45) is 3.36. The summed E-state index contributed by atoms with van der Waals surface area (Å²) in [7, 11) is 0. The molecule has 1 unspecified atom stereocenters. The SMILES string of the molecule is C=C(NC(Cc1ccccc1)(c1cccc(C(F)(F)F)c1)c1ccc(C)cn1)/C(C)=C/C=C\C. The zero-order chi connectivity index (χ0) is 24.8. The minimum absolute atomic E-state index is 0.376. The molecule has 0 aliphatic carbocycles. The first-order valence-electron chi connectivity index (χ1n) is 11.1. The van der Waals surface area contributed by atoms with Crippen LogP contribution < -0.4 is 5.32 Å². The lowest BCUT2D eigenvalue weighted by molar-refractivity contribution is -0.137. The van der Waals surface area contributed by atoms with Crippen molar-refractivity contribution in [3.05, 3.63) is 137 Å². The molecule has 1 heterocycles. The van der Waals surface area contributed by atoms with Crippen LogP contribution in [-0.4, -0.2) is 4.98 Å². The highest BCUT2D eigenvalue weighted by Gasteiger charge is 2.39. The number of alkyl halides is 3. The smallest absolute Gasteiger partial charge is 0.370 e. The van der Waals surface area contributed by atoms with Crippen molar-refractivity contribution in [2.75, 3.05) is 0 Å². The van der Waals surface area contributed by atoms with Gasteiger partial charge in [0, 0.05) is 18.3 Å². The van der Waals surface area contributed by atoms with E-state index in [1.54, 1.807) is 12.3 Å². The van der Waals surface area contributed by atoms with Gasteiger partial charge < -0.3 is 5.32 Å². The van der Waals surface area contributed by atoms with E-state index in [2.05, 4.69) is 16.9 Å². The van der Waals surface area contributed by atoms with Gasteiger partial charge in [0.1, 0.15) is 5.54 Å². The fraction of sp³-hybridized carbons (Fsp3) is 0.207. The first kappa shape index (κ1) is 25.0. The van der Waals surface area contributed by atoms with Crippen molar-refractivity contribution in [1.82, 2.24) is 10.3 Å². The molecule has 1 aromatic heterocycles. The van der Waals surface area contributed by atoms with Crippen molar-refractivity contribution in [3.8, 4) is 0 Å². The van der Waals surface area contributed by atoms with Crippen molar-refractivity contribution in [3.63, 3.8) is 0 Å². The fourth-order valence-corrected chi connectivity index (χ4v) is 3.80. The molecule has 2 nitrogen and oxygen atoms in total. The molecule has 0 radical (unpaired) electrons. The molecule has 1 N–H and O–H groups in total. The summed E-state index contributed by atoms with van der Waals surface area (Å²) in [6, 6.07) is 18.9. The Kier molecular flexibility index (Phi) is 7.77. The Morgan fingerprint density at radius 1 is 1.00 bits per heavy atom. The Hall–Kier alpha value is -3.60. The number of halogens is 3. The second kappa shape index (κ2) is 10.6. The van der Waals surface area contributed by atoms with Crippen LogP contribution in [0.2, 0.25) is 0 Å². The van der Waals surface area contributed by atoms with E-state index < -0.39 is 17.3 Å². The normalized spacial score (nSPS) is 14.1. The van der Waals surface area contributed by atoms with Gasteiger partial charge >= 0.3 is 6.18 Å². The van der Waals surface area contributed by atoms with Gasteiger partial charge in [-0.3, -0.25) is 4.98 Å². The van der Waals surface area contributed by atoms with E-state index in [9.17, 15) is 13.2 Å². The van der Waals surface area contributed by atoms with E-state index in [1.807, 2.05) is 81.5 Å². The Bertz CT molecular complexity index is 1180. The first-order valence-corrected chi connectivity index (χ1v) is 11.1. The van der Waals surface area contributed by atoms with Gasteiger partial charge in [0.25, 0.3) is 0 Å². The lowest BCUT2D eigenvalue weighted by Gasteiger charge is -2.37. The van der Waals surface area contributed by atoms with Gasteiger partial charge in [-0.1, -0.05) is 73.3 Å². The van der Waals surface area contributed by atoms with Crippen molar-refractivity contribution in [2.45, 2.75) is 38.9 Å². The zero-order valence-electron chi connectivity index (χ0n) is 19.7. The lowest BCUT2D eigenvalue weighted by atomic mass is 9.79. The van der Waals surface area contributed by atoms with Crippen LogP contribution in [0.25, 0.3) is 0 Å². The predicted octanol–water partition coefficient (Wildman–Crippen LogP) is 7.52. The number of aromatic nitrogens is 1. The van der Waals surface area contributed by atoms with E-state index in [0.29, 0.717) is 23.4 Å². The van der Waals surface area contributed by atoms with Crippen LogP contribution in [0.1, 0.15) is 41.8 Å². The molecular weight excluding hydrogens is 433 g/mol. The Balaban J connectivity index is 2.27. The molecule has 2 aromatic carbocycles. The molecule has 0 fully saturated rings. The topological polar surface area (TPSA) is 24.9 Å². The molecule has 0 saturated heterocycles. The molecule has 0 aliphatic heterocycles. The number of rotatable bonds is 8. The highest BCUT2D eigenvalue weighted by Crippen LogP contribution is 2.38. The Morgan fingerprint density at radius 3 is 2.32 bits per heavy atom. The molecule has 0 bridgehead atoms. The van der Waals surface area contributed by atoms with Crippen molar-refractivity contribution in [2.24, 2.45) is 0 Å². The number of aryl methyl sites for hydroxylation is 1. The van der Waals surface area contributed by atoms with Gasteiger partial charge in [0.2, 0.25) is 0 Å². The molecule has 34 heavy (non-hydrogen) atoms. The van der Waals surface area contributed by atoms with Gasteiger partial charge in [-0.2, -0.15) is 13.2 Å². The number of hydrogen-bond acceptors (Lipinski definition) is 2. The number of allylic oxidation sites excluding steroid dienone is 4. The van der Waals surface area contributed by atoms with Crippen molar-refractivity contribution < 1.29 is 13.2 Å². The predicted molar refractivity (Wildman–Crippen MR) is 132 cm³/mol. The Labute approximate surface area is 199 Å². The maximum Gasteiger partial charge on any atom is 0.416 e. The molecule has 0 aliphatic rings. The van der Waals surface area contributed by atoms with Crippen LogP contribution in [0.15, 0.2) is 109 Å². The van der Waals surface area contributed by atoms with Gasteiger partial charge in [0.05, 0.1) is 11.3 Å². The maximum absolute atomic E-state index is 13.7. The summed E-state index contributed by atoms with van der Waals surface area (Å²) >= 11 is 0. The second-order valence-corrected chi connectivity index (χ2v) is 8.35. The van der Waals surface area contributed by atoms with E-state index in [-0.39, 0.29) is 0 Å². The van der Waals surface area contributed by atoms with Gasteiger partial charge in [-0.05, 0) is 61.2 Å². The molecule has 0 amide bonds. The van der Waals surface area contributed by atoms with E-state index in [0.717, 1.165) is 22.8 Å². The van der Waals surface area contributed by atoms with Crippen LogP contribution in [0.5, 0.6) is 0 Å². The summed E-state index contributed by atoms with van der Waals surface area (Å²) in [5.74, 6) is 0. The third kappa shape index (κ3) is 5.84. The van der Waals surface area contributed by atoms with Crippen LogP contribution in [0.4, 0.5) is 13.2 Å². The number of benzene rings is 2. The van der Waals surface area contributed by atoms with Crippen molar-refractivity contribution in [1.29, 1.82) is 0 Å². The fourth-order valence-electron chi connectivity index (χ4n) is 3.80. The third-order valence-electron chi connectivity index (χ3n) is 5.72. The van der Waals surface area contributed by atoms with Gasteiger partial charge in [-0.15, -0.1) is 0 Å². The molecule has 0 saturated carbocycles. The molecule has 5 heteroatoms. The Morgan fingerprint density at radius 2 is 1.71 bits per heavy atom. The third-order valence-corrected chi connectivity index (χ3v) is 5.72. The lowest BCUT2D eigenvalue weighted by Crippen LogP contribution is -2.46. The van der Waals surface area contributed by atoms with Crippen LogP contribution in [-0.2, 0) is 18.1 Å².